The summed E-state index contributed by atoms with van der Waals surface area (Å²) in [6, 6.07) is 11.4. The molecule has 7 nitrogen and oxygen atoms in total. The summed E-state index contributed by atoms with van der Waals surface area (Å²) < 4.78 is 0. The van der Waals surface area contributed by atoms with E-state index in [9.17, 15) is 19.6 Å². The topological polar surface area (TPSA) is 98.7 Å². The molecule has 8 heteroatoms. The average Bonchev–Trinajstić information content (AvgIpc) is 3.34. The quantitative estimate of drug-likeness (QED) is 0.315. The van der Waals surface area contributed by atoms with Crippen LogP contribution in [-0.2, 0) is 9.59 Å². The number of carbonyl (C=O) groups is 3. The third kappa shape index (κ3) is 8.43. The summed E-state index contributed by atoms with van der Waals surface area (Å²) in [5, 5.41) is 14.3. The molecule has 0 unspecified atom stereocenters. The fraction of sp³-hybridized carbons (Fsp3) is 0.423. The Morgan fingerprint density at radius 2 is 1.71 bits per heavy atom. The Labute approximate surface area is 205 Å². The van der Waals surface area contributed by atoms with Gasteiger partial charge in [0.1, 0.15) is 0 Å². The lowest BCUT2D eigenvalue weighted by molar-refractivity contribution is -0.142. The Morgan fingerprint density at radius 3 is 2.26 bits per heavy atom. The molecule has 0 radical (unpaired) electrons. The van der Waals surface area contributed by atoms with Crippen LogP contribution >= 0.6 is 11.3 Å². The molecule has 2 aromatic rings. The van der Waals surface area contributed by atoms with E-state index in [1.54, 1.807) is 16.9 Å². The lowest BCUT2D eigenvalue weighted by Crippen LogP contribution is -2.52. The lowest BCUT2D eigenvalue weighted by Gasteiger charge is -2.30. The number of amides is 3. The van der Waals surface area contributed by atoms with Crippen LogP contribution in [0.15, 0.2) is 53.2 Å². The maximum Gasteiger partial charge on any atom is 0.273 e. The molecule has 2 rings (SSSR count). The molecule has 3 amide bonds. The van der Waals surface area contributed by atoms with Gasteiger partial charge in [-0.2, -0.15) is 11.3 Å². The first-order valence-corrected chi connectivity index (χ1v) is 12.5. The molecule has 3 N–H and O–H groups in total. The van der Waals surface area contributed by atoms with Crippen molar-refractivity contribution in [3.63, 3.8) is 0 Å². The van der Waals surface area contributed by atoms with Crippen LogP contribution in [0.25, 0.3) is 6.08 Å². The molecular formula is C26H35N3O4S. The number of hydrogen-bond acceptors (Lipinski definition) is 5. The van der Waals surface area contributed by atoms with Crippen LogP contribution in [0.1, 0.15) is 56.5 Å². The Morgan fingerprint density at radius 1 is 1.00 bits per heavy atom. The predicted molar refractivity (Wildman–Crippen MR) is 135 cm³/mol. The van der Waals surface area contributed by atoms with Crippen molar-refractivity contribution in [3.05, 3.63) is 64.4 Å². The van der Waals surface area contributed by atoms with E-state index in [0.29, 0.717) is 18.5 Å². The summed E-state index contributed by atoms with van der Waals surface area (Å²) in [5.41, 5.74) is 5.97. The highest BCUT2D eigenvalue weighted by Gasteiger charge is 2.35. The van der Waals surface area contributed by atoms with Crippen molar-refractivity contribution < 1.29 is 19.6 Å². The molecular weight excluding hydrogens is 450 g/mol. The van der Waals surface area contributed by atoms with Gasteiger partial charge in [0.25, 0.3) is 5.91 Å². The zero-order valence-corrected chi connectivity index (χ0v) is 21.0. The number of carbonyl (C=O) groups excluding carboxylic acids is 3. The minimum absolute atomic E-state index is 0.119. The molecule has 0 aliphatic heterocycles. The van der Waals surface area contributed by atoms with Crippen LogP contribution in [0.3, 0.4) is 0 Å². The summed E-state index contributed by atoms with van der Waals surface area (Å²) in [7, 11) is 0. The highest BCUT2D eigenvalue weighted by atomic mass is 32.1. The molecule has 0 aliphatic rings. The van der Waals surface area contributed by atoms with Gasteiger partial charge in [0.15, 0.2) is 0 Å². The third-order valence-electron chi connectivity index (χ3n) is 5.30. The average molecular weight is 486 g/mol. The number of thiophene rings is 1. The first-order chi connectivity index (χ1) is 16.2. The number of hydroxylamine groups is 1. The molecule has 34 heavy (non-hydrogen) atoms. The maximum absolute atomic E-state index is 13.5. The van der Waals surface area contributed by atoms with Crippen LogP contribution in [-0.4, -0.2) is 34.5 Å². The smallest absolute Gasteiger partial charge is 0.273 e. The van der Waals surface area contributed by atoms with E-state index in [-0.39, 0.29) is 24.2 Å². The molecule has 1 aromatic carbocycles. The van der Waals surface area contributed by atoms with Gasteiger partial charge in [-0.05, 0) is 41.7 Å². The monoisotopic (exact) mass is 485 g/mol. The second kappa shape index (κ2) is 13.7. The number of nitrogens with zero attached hydrogens (tertiary/aromatic N) is 1. The number of allylic oxidation sites excluding steroid dienone is 1. The minimum Gasteiger partial charge on any atom is -0.289 e. The Hall–Kier alpha value is -2.97. The second-order valence-electron chi connectivity index (χ2n) is 9.17. The summed E-state index contributed by atoms with van der Waals surface area (Å²) in [5.74, 6) is -2.63. The Bertz CT molecular complexity index is 942. The molecule has 0 fully saturated rings. The van der Waals surface area contributed by atoms with Gasteiger partial charge in [-0.25, -0.2) is 10.5 Å². The van der Waals surface area contributed by atoms with Gasteiger partial charge in [0.05, 0.1) is 17.4 Å². The van der Waals surface area contributed by atoms with Crippen molar-refractivity contribution in [3.8, 4) is 0 Å². The van der Waals surface area contributed by atoms with Crippen LogP contribution in [0, 0.1) is 23.7 Å². The largest absolute Gasteiger partial charge is 0.289 e. The van der Waals surface area contributed by atoms with Crippen LogP contribution < -0.4 is 10.9 Å². The predicted octanol–water partition coefficient (Wildman–Crippen LogP) is 4.76. The number of hydrogen-bond donors (Lipinski definition) is 3. The van der Waals surface area contributed by atoms with Gasteiger partial charge in [-0.3, -0.25) is 25.0 Å². The lowest BCUT2D eigenvalue weighted by atomic mass is 9.82. The molecule has 0 aliphatic carbocycles. The molecule has 0 saturated carbocycles. The number of hydrazine groups is 1. The molecule has 2 atom stereocenters. The van der Waals surface area contributed by atoms with E-state index in [1.165, 1.54) is 16.3 Å². The Kier molecular flexibility index (Phi) is 11.0. The van der Waals surface area contributed by atoms with Gasteiger partial charge in [0, 0.05) is 11.9 Å². The van der Waals surface area contributed by atoms with Gasteiger partial charge in [-0.15, -0.1) is 0 Å². The van der Waals surface area contributed by atoms with Crippen molar-refractivity contribution >= 4 is 35.1 Å². The van der Waals surface area contributed by atoms with Crippen molar-refractivity contribution in [1.82, 2.24) is 15.9 Å². The van der Waals surface area contributed by atoms with Crippen molar-refractivity contribution in [2.45, 2.75) is 40.5 Å². The van der Waals surface area contributed by atoms with E-state index < -0.39 is 23.7 Å². The third-order valence-corrected chi connectivity index (χ3v) is 5.98. The number of nitrogens with one attached hydrogen (secondary N) is 2. The van der Waals surface area contributed by atoms with Gasteiger partial charge >= 0.3 is 0 Å². The van der Waals surface area contributed by atoms with E-state index in [1.807, 2.05) is 75.6 Å². The van der Waals surface area contributed by atoms with Crippen molar-refractivity contribution in [2.24, 2.45) is 23.7 Å². The summed E-state index contributed by atoms with van der Waals surface area (Å²) >= 11 is 1.41. The van der Waals surface area contributed by atoms with Gasteiger partial charge in [0.2, 0.25) is 11.8 Å². The van der Waals surface area contributed by atoms with E-state index >= 15 is 0 Å². The molecule has 0 bridgehead atoms. The molecule has 1 aromatic heterocycles. The normalized spacial score (nSPS) is 13.1. The first-order valence-electron chi connectivity index (χ1n) is 11.5. The fourth-order valence-corrected chi connectivity index (χ4v) is 4.35. The maximum atomic E-state index is 13.5. The van der Waals surface area contributed by atoms with Crippen molar-refractivity contribution in [1.29, 1.82) is 0 Å². The minimum atomic E-state index is -0.801. The highest BCUT2D eigenvalue weighted by Crippen LogP contribution is 2.26. The van der Waals surface area contributed by atoms with Crippen LogP contribution in [0.5, 0.6) is 0 Å². The summed E-state index contributed by atoms with van der Waals surface area (Å²) in [6.07, 6.45) is 4.39. The second-order valence-corrected chi connectivity index (χ2v) is 9.95. The zero-order valence-electron chi connectivity index (χ0n) is 20.2. The molecule has 1 heterocycles. The SMILES string of the molecule is CC(C)C[C@@H](C(=O)NN(CC(C)C)C(=O)c1ccsc1)[C@H](C/C=C/c1ccccc1)C(=O)NO. The Balaban J connectivity index is 2.27. The van der Waals surface area contributed by atoms with E-state index in [2.05, 4.69) is 5.43 Å². The van der Waals surface area contributed by atoms with Gasteiger partial charge in [-0.1, -0.05) is 70.2 Å². The summed E-state index contributed by atoms with van der Waals surface area (Å²) in [6.45, 7) is 8.19. The summed E-state index contributed by atoms with van der Waals surface area (Å²) in [4.78, 5) is 39.1. The van der Waals surface area contributed by atoms with Gasteiger partial charge < -0.3 is 0 Å². The molecule has 184 valence electrons. The van der Waals surface area contributed by atoms with Crippen LogP contribution in [0.2, 0.25) is 0 Å². The zero-order chi connectivity index (χ0) is 25.1. The highest BCUT2D eigenvalue weighted by molar-refractivity contribution is 7.08. The molecule has 0 saturated heterocycles. The number of rotatable bonds is 11. The number of benzene rings is 1. The van der Waals surface area contributed by atoms with Crippen LogP contribution in [0.4, 0.5) is 0 Å². The first kappa shape index (κ1) is 27.3. The van der Waals surface area contributed by atoms with E-state index in [4.69, 9.17) is 0 Å². The molecule has 0 spiro atoms. The fourth-order valence-electron chi connectivity index (χ4n) is 3.72. The standard InChI is InChI=1S/C26H35N3O4S/c1-18(2)15-23(22(25(31)28-33)12-8-11-20-9-6-5-7-10-20)24(30)27-29(16-19(3)4)26(32)21-13-14-34-17-21/h5-11,13-14,17-19,22-23,33H,12,15-16H2,1-4H3,(H,27,30)(H,28,31)/b11-8+/t22-,23+/m0/s1. The van der Waals surface area contributed by atoms with E-state index in [0.717, 1.165) is 5.56 Å². The van der Waals surface area contributed by atoms with Crippen molar-refractivity contribution in [2.75, 3.05) is 6.54 Å².